The lowest BCUT2D eigenvalue weighted by molar-refractivity contribution is 0.142. The summed E-state index contributed by atoms with van der Waals surface area (Å²) in [5.74, 6) is 1.52. The predicted octanol–water partition coefficient (Wildman–Crippen LogP) is 3.48. The highest BCUT2D eigenvalue weighted by atomic mass is 19.1. The van der Waals surface area contributed by atoms with E-state index in [2.05, 4.69) is 20.6 Å². The van der Waals surface area contributed by atoms with Crippen molar-refractivity contribution in [1.29, 1.82) is 0 Å². The van der Waals surface area contributed by atoms with Crippen molar-refractivity contribution in [2.45, 2.75) is 13.0 Å². The number of amidine groups is 1. The number of benzene rings is 1. The molecule has 170 valence electrons. The number of carbonyl (C=O) groups excluding carboxylic acids is 1. The zero-order valence-electron chi connectivity index (χ0n) is 17.8. The van der Waals surface area contributed by atoms with E-state index in [4.69, 9.17) is 14.1 Å². The number of oxime groups is 1. The molecule has 0 aliphatic carbocycles. The number of aromatic nitrogens is 2. The number of nitrogens with zero attached hydrogens (tertiary/aromatic N) is 5. The van der Waals surface area contributed by atoms with Crippen molar-refractivity contribution in [1.82, 2.24) is 10.1 Å². The van der Waals surface area contributed by atoms with E-state index in [0.717, 1.165) is 0 Å². The number of amides is 1. The van der Waals surface area contributed by atoms with E-state index < -0.39 is 18.0 Å². The van der Waals surface area contributed by atoms with Crippen molar-refractivity contribution in [3.05, 3.63) is 54.7 Å². The smallest absolute Gasteiger partial charge is 0.414 e. The second-order valence-electron chi connectivity index (χ2n) is 7.57. The SMILES string of the molecule is CC1=NOCCN1c1ccc(-c2ccc(N3C[C@H](CNc4ccon4)OC3=O)cc2F)cn1. The average Bonchev–Trinajstić information content (AvgIpc) is 3.48. The van der Waals surface area contributed by atoms with Crippen molar-refractivity contribution in [2.24, 2.45) is 5.16 Å². The summed E-state index contributed by atoms with van der Waals surface area (Å²) in [7, 11) is 0. The van der Waals surface area contributed by atoms with E-state index in [0.29, 0.717) is 60.5 Å². The van der Waals surface area contributed by atoms with Crippen molar-refractivity contribution < 1.29 is 23.3 Å². The Morgan fingerprint density at radius 1 is 1.21 bits per heavy atom. The number of halogens is 1. The third kappa shape index (κ3) is 4.29. The first kappa shape index (κ1) is 20.7. The molecule has 11 heteroatoms. The molecule has 4 heterocycles. The van der Waals surface area contributed by atoms with Gasteiger partial charge in [-0.25, -0.2) is 14.2 Å². The molecule has 2 aliphatic rings. The molecule has 0 spiro atoms. The van der Waals surface area contributed by atoms with Crippen LogP contribution in [0.2, 0.25) is 0 Å². The average molecular weight is 452 g/mol. The van der Waals surface area contributed by atoms with Crippen LogP contribution in [0, 0.1) is 5.82 Å². The minimum atomic E-state index is -0.525. The molecule has 0 radical (unpaired) electrons. The zero-order valence-corrected chi connectivity index (χ0v) is 17.8. The van der Waals surface area contributed by atoms with Crippen molar-refractivity contribution in [3.63, 3.8) is 0 Å². The molecule has 1 amide bonds. The van der Waals surface area contributed by atoms with Crippen LogP contribution in [0.25, 0.3) is 11.1 Å². The third-order valence-electron chi connectivity index (χ3n) is 5.42. The lowest BCUT2D eigenvalue weighted by atomic mass is 10.1. The predicted molar refractivity (Wildman–Crippen MR) is 119 cm³/mol. The summed E-state index contributed by atoms with van der Waals surface area (Å²) in [6.45, 7) is 3.62. The second-order valence-corrected chi connectivity index (χ2v) is 7.57. The summed E-state index contributed by atoms with van der Waals surface area (Å²) in [5, 5.41) is 10.7. The lowest BCUT2D eigenvalue weighted by Gasteiger charge is -2.25. The van der Waals surface area contributed by atoms with Crippen LogP contribution in [0.15, 0.2) is 58.5 Å². The molecule has 0 unspecified atom stereocenters. The largest absolute Gasteiger partial charge is 0.442 e. The Morgan fingerprint density at radius 3 is 2.85 bits per heavy atom. The number of cyclic esters (lactones) is 1. The summed E-state index contributed by atoms with van der Waals surface area (Å²) in [5.41, 5.74) is 1.45. The molecule has 2 aromatic heterocycles. The Balaban J connectivity index is 1.28. The van der Waals surface area contributed by atoms with E-state index in [9.17, 15) is 9.18 Å². The van der Waals surface area contributed by atoms with Crippen LogP contribution < -0.4 is 15.1 Å². The van der Waals surface area contributed by atoms with Crippen LogP contribution in [0.5, 0.6) is 0 Å². The third-order valence-corrected chi connectivity index (χ3v) is 5.42. The number of carbonyl (C=O) groups is 1. The summed E-state index contributed by atoms with van der Waals surface area (Å²) in [4.78, 5) is 25.2. The first-order valence-corrected chi connectivity index (χ1v) is 10.4. The number of nitrogens with one attached hydrogen (secondary N) is 1. The van der Waals surface area contributed by atoms with E-state index in [-0.39, 0.29) is 0 Å². The van der Waals surface area contributed by atoms with Gasteiger partial charge < -0.3 is 24.3 Å². The molecule has 0 saturated carbocycles. The van der Waals surface area contributed by atoms with Gasteiger partial charge in [-0.05, 0) is 37.3 Å². The van der Waals surface area contributed by atoms with Gasteiger partial charge >= 0.3 is 6.09 Å². The summed E-state index contributed by atoms with van der Waals surface area (Å²) in [6, 6.07) is 9.95. The fraction of sp³-hybridized carbons (Fsp3) is 0.273. The second kappa shape index (κ2) is 8.77. The highest BCUT2D eigenvalue weighted by Crippen LogP contribution is 2.30. The van der Waals surface area contributed by atoms with E-state index >= 15 is 0 Å². The van der Waals surface area contributed by atoms with Crippen LogP contribution in [-0.2, 0) is 9.57 Å². The molecular formula is C22H21FN6O4. The van der Waals surface area contributed by atoms with Gasteiger partial charge in [0, 0.05) is 23.4 Å². The molecule has 1 N–H and O–H groups in total. The quantitative estimate of drug-likeness (QED) is 0.606. The molecule has 33 heavy (non-hydrogen) atoms. The molecule has 1 fully saturated rings. The minimum absolute atomic E-state index is 0.291. The van der Waals surface area contributed by atoms with Gasteiger partial charge in [0.05, 0.1) is 25.3 Å². The number of anilines is 3. The van der Waals surface area contributed by atoms with Crippen molar-refractivity contribution in [2.75, 3.05) is 41.4 Å². The summed E-state index contributed by atoms with van der Waals surface area (Å²) >= 11 is 0. The molecule has 1 atom stereocenters. The van der Waals surface area contributed by atoms with E-state index in [1.54, 1.807) is 30.5 Å². The number of pyridine rings is 1. The Hall–Kier alpha value is -4.15. The summed E-state index contributed by atoms with van der Waals surface area (Å²) in [6.07, 6.45) is 2.13. The van der Waals surface area contributed by atoms with Crippen LogP contribution in [-0.4, -0.2) is 54.4 Å². The van der Waals surface area contributed by atoms with Crippen molar-refractivity contribution >= 4 is 29.3 Å². The summed E-state index contributed by atoms with van der Waals surface area (Å²) < 4.78 is 25.1. The Kier molecular flexibility index (Phi) is 5.51. The normalized spacial score (nSPS) is 18.1. The van der Waals surface area contributed by atoms with Gasteiger partial charge in [-0.2, -0.15) is 0 Å². The molecule has 3 aromatic rings. The van der Waals surface area contributed by atoms with Gasteiger partial charge in [0.2, 0.25) is 0 Å². The molecule has 1 aromatic carbocycles. The van der Waals surface area contributed by atoms with Gasteiger partial charge in [-0.3, -0.25) is 4.90 Å². The minimum Gasteiger partial charge on any atom is -0.442 e. The lowest BCUT2D eigenvalue weighted by Crippen LogP contribution is -2.36. The van der Waals surface area contributed by atoms with Crippen LogP contribution in [0.3, 0.4) is 0 Å². The molecule has 1 saturated heterocycles. The molecule has 5 rings (SSSR count). The molecule has 0 bridgehead atoms. The maximum absolute atomic E-state index is 15.0. The standard InChI is InChI=1S/C22H21FN6O4/c1-14-26-32-9-7-28(14)21-5-2-15(11-25-21)18-4-3-16(10-19(18)23)29-13-17(33-22(29)30)12-24-20-6-8-31-27-20/h2-6,8,10-11,17H,7,9,12-13H2,1H3,(H,24,27)/t17-/m0/s1. The fourth-order valence-electron chi connectivity index (χ4n) is 3.73. The van der Waals surface area contributed by atoms with Gasteiger partial charge in [0.25, 0.3) is 0 Å². The highest BCUT2D eigenvalue weighted by molar-refractivity contribution is 5.95. The number of ether oxygens (including phenoxy) is 1. The van der Waals surface area contributed by atoms with Gasteiger partial charge in [0.1, 0.15) is 36.4 Å². The van der Waals surface area contributed by atoms with E-state index in [1.807, 2.05) is 17.9 Å². The zero-order chi connectivity index (χ0) is 22.8. The number of hydrogen-bond acceptors (Lipinski definition) is 9. The first-order chi connectivity index (χ1) is 16.1. The maximum Gasteiger partial charge on any atom is 0.414 e. The molecular weight excluding hydrogens is 431 g/mol. The highest BCUT2D eigenvalue weighted by Gasteiger charge is 2.32. The first-order valence-electron chi connectivity index (χ1n) is 10.4. The Bertz CT molecular complexity index is 1170. The van der Waals surface area contributed by atoms with Crippen LogP contribution in [0.1, 0.15) is 6.92 Å². The van der Waals surface area contributed by atoms with Gasteiger partial charge in [-0.15, -0.1) is 0 Å². The van der Waals surface area contributed by atoms with Gasteiger partial charge in [0.15, 0.2) is 5.82 Å². The van der Waals surface area contributed by atoms with Crippen LogP contribution in [0.4, 0.5) is 26.5 Å². The maximum atomic E-state index is 15.0. The van der Waals surface area contributed by atoms with Gasteiger partial charge in [-0.1, -0.05) is 10.3 Å². The Morgan fingerprint density at radius 2 is 2.12 bits per heavy atom. The van der Waals surface area contributed by atoms with Crippen LogP contribution >= 0.6 is 0 Å². The molecule has 10 nitrogen and oxygen atoms in total. The topological polar surface area (TPSA) is 105 Å². The van der Waals surface area contributed by atoms with E-state index in [1.165, 1.54) is 17.2 Å². The monoisotopic (exact) mass is 452 g/mol. The molecule has 2 aliphatic heterocycles. The fourth-order valence-corrected chi connectivity index (χ4v) is 3.73. The number of rotatable bonds is 6. The van der Waals surface area contributed by atoms with Crippen molar-refractivity contribution in [3.8, 4) is 11.1 Å². The number of hydrogen-bond donors (Lipinski definition) is 1. The Labute approximate surface area is 188 Å².